The number of benzene rings is 1. The molecule has 21 heavy (non-hydrogen) atoms. The molecule has 0 spiro atoms. The minimum absolute atomic E-state index is 0.00596. The monoisotopic (exact) mass is 284 g/mol. The highest BCUT2D eigenvalue weighted by Gasteiger charge is 2.23. The van der Waals surface area contributed by atoms with Crippen LogP contribution in [-0.2, 0) is 24.7 Å². The first-order valence-corrected chi connectivity index (χ1v) is 7.30. The number of carbonyl (C=O) groups is 1. The first-order chi connectivity index (χ1) is 10.2. The predicted octanol–water partition coefficient (Wildman–Crippen LogP) is 1.36. The van der Waals surface area contributed by atoms with E-state index in [1.54, 1.807) is 6.20 Å². The molecule has 1 unspecified atom stereocenters. The zero-order chi connectivity index (χ0) is 14.7. The van der Waals surface area contributed by atoms with E-state index >= 15 is 0 Å². The van der Waals surface area contributed by atoms with Crippen LogP contribution in [0.2, 0.25) is 0 Å². The number of rotatable bonds is 4. The number of para-hydroxylation sites is 1. The number of hydrogen-bond acceptors (Lipinski definition) is 3. The fourth-order valence-electron chi connectivity index (χ4n) is 2.73. The summed E-state index contributed by atoms with van der Waals surface area (Å²) in [6.07, 6.45) is 3.39. The van der Waals surface area contributed by atoms with Crippen molar-refractivity contribution in [3.8, 4) is 0 Å². The van der Waals surface area contributed by atoms with Gasteiger partial charge in [-0.1, -0.05) is 18.2 Å². The van der Waals surface area contributed by atoms with Gasteiger partial charge in [0.15, 0.2) is 0 Å². The molecular weight excluding hydrogens is 264 g/mol. The van der Waals surface area contributed by atoms with Crippen molar-refractivity contribution in [2.75, 3.05) is 18.4 Å². The molecule has 1 atom stereocenters. The molecule has 2 heterocycles. The van der Waals surface area contributed by atoms with Crippen LogP contribution in [0.4, 0.5) is 5.69 Å². The molecule has 5 heteroatoms. The molecule has 1 aliphatic rings. The third-order valence-corrected chi connectivity index (χ3v) is 4.00. The van der Waals surface area contributed by atoms with Crippen LogP contribution in [-0.4, -0.2) is 28.8 Å². The Labute approximate surface area is 124 Å². The summed E-state index contributed by atoms with van der Waals surface area (Å²) >= 11 is 0. The van der Waals surface area contributed by atoms with Gasteiger partial charge in [0.05, 0.1) is 5.92 Å². The van der Waals surface area contributed by atoms with Gasteiger partial charge in [-0.15, -0.1) is 0 Å². The lowest BCUT2D eigenvalue weighted by atomic mass is 9.93. The van der Waals surface area contributed by atoms with Crippen LogP contribution in [0.25, 0.3) is 0 Å². The van der Waals surface area contributed by atoms with Gasteiger partial charge in [0.2, 0.25) is 5.91 Å². The normalized spacial score (nSPS) is 16.9. The molecule has 2 aromatic rings. The molecule has 1 amide bonds. The van der Waals surface area contributed by atoms with Crippen LogP contribution >= 0.6 is 0 Å². The van der Waals surface area contributed by atoms with Crippen LogP contribution < -0.4 is 10.6 Å². The number of fused-ring (bicyclic) bond motifs is 1. The van der Waals surface area contributed by atoms with Crippen LogP contribution in [0.3, 0.4) is 0 Å². The van der Waals surface area contributed by atoms with Crippen molar-refractivity contribution < 1.29 is 4.79 Å². The highest BCUT2D eigenvalue weighted by molar-refractivity contribution is 5.80. The second-order valence-corrected chi connectivity index (χ2v) is 5.43. The minimum Gasteiger partial charge on any atom is -0.384 e. The molecule has 1 aromatic heterocycles. The molecule has 2 N–H and O–H groups in total. The van der Waals surface area contributed by atoms with E-state index in [0.717, 1.165) is 24.2 Å². The van der Waals surface area contributed by atoms with Crippen molar-refractivity contribution in [1.82, 2.24) is 15.1 Å². The Hall–Kier alpha value is -2.30. The van der Waals surface area contributed by atoms with Gasteiger partial charge >= 0.3 is 0 Å². The van der Waals surface area contributed by atoms with Crippen LogP contribution in [0.5, 0.6) is 0 Å². The Morgan fingerprint density at radius 1 is 1.43 bits per heavy atom. The lowest BCUT2D eigenvalue weighted by molar-refractivity contribution is -0.124. The molecule has 5 nitrogen and oxygen atoms in total. The maximum atomic E-state index is 12.2. The maximum absolute atomic E-state index is 12.2. The topological polar surface area (TPSA) is 59.0 Å². The van der Waals surface area contributed by atoms with Crippen molar-refractivity contribution in [2.45, 2.75) is 12.8 Å². The molecule has 3 rings (SSSR count). The summed E-state index contributed by atoms with van der Waals surface area (Å²) in [5, 5.41) is 10.5. The van der Waals surface area contributed by atoms with Gasteiger partial charge in [0.1, 0.15) is 0 Å². The molecule has 0 fully saturated rings. The SMILES string of the molecule is Cn1nccc1CCNC(=O)C1CNc2ccccc2C1. The van der Waals surface area contributed by atoms with E-state index in [4.69, 9.17) is 0 Å². The highest BCUT2D eigenvalue weighted by Crippen LogP contribution is 2.24. The van der Waals surface area contributed by atoms with E-state index in [9.17, 15) is 4.79 Å². The number of nitrogens with one attached hydrogen (secondary N) is 2. The van der Waals surface area contributed by atoms with Gasteiger partial charge < -0.3 is 10.6 Å². The summed E-state index contributed by atoms with van der Waals surface area (Å²) in [6, 6.07) is 10.1. The zero-order valence-electron chi connectivity index (χ0n) is 12.2. The van der Waals surface area contributed by atoms with E-state index in [0.29, 0.717) is 13.1 Å². The van der Waals surface area contributed by atoms with E-state index in [-0.39, 0.29) is 11.8 Å². The molecule has 0 bridgehead atoms. The number of aryl methyl sites for hydroxylation is 1. The number of carbonyl (C=O) groups excluding carboxylic acids is 1. The summed E-state index contributed by atoms with van der Waals surface area (Å²) < 4.78 is 1.84. The van der Waals surface area contributed by atoms with Gasteiger partial charge in [-0.25, -0.2) is 0 Å². The second-order valence-electron chi connectivity index (χ2n) is 5.43. The molecule has 0 radical (unpaired) electrons. The smallest absolute Gasteiger partial charge is 0.225 e. The van der Waals surface area contributed by atoms with Gasteiger partial charge in [0.25, 0.3) is 0 Å². The zero-order valence-corrected chi connectivity index (χ0v) is 12.2. The summed E-state index contributed by atoms with van der Waals surface area (Å²) in [6.45, 7) is 1.35. The number of hydrogen-bond donors (Lipinski definition) is 2. The summed E-state index contributed by atoms with van der Waals surface area (Å²) in [4.78, 5) is 12.2. The van der Waals surface area contributed by atoms with E-state index in [1.165, 1.54) is 5.56 Å². The highest BCUT2D eigenvalue weighted by atomic mass is 16.1. The van der Waals surface area contributed by atoms with Crippen molar-refractivity contribution in [2.24, 2.45) is 13.0 Å². The summed E-state index contributed by atoms with van der Waals surface area (Å²) in [5.74, 6) is 0.130. The Morgan fingerprint density at radius 3 is 3.10 bits per heavy atom. The molecule has 1 aromatic carbocycles. The lowest BCUT2D eigenvalue weighted by Gasteiger charge is -2.25. The molecule has 0 saturated heterocycles. The first-order valence-electron chi connectivity index (χ1n) is 7.30. The second kappa shape index (κ2) is 5.99. The van der Waals surface area contributed by atoms with Crippen molar-refractivity contribution >= 4 is 11.6 Å². The maximum Gasteiger partial charge on any atom is 0.225 e. The largest absolute Gasteiger partial charge is 0.384 e. The summed E-state index contributed by atoms with van der Waals surface area (Å²) in [7, 11) is 1.92. The number of anilines is 1. The van der Waals surface area contributed by atoms with Crippen LogP contribution in [0, 0.1) is 5.92 Å². The predicted molar refractivity (Wildman–Crippen MR) is 82.0 cm³/mol. The third kappa shape index (κ3) is 3.07. The van der Waals surface area contributed by atoms with E-state index < -0.39 is 0 Å². The summed E-state index contributed by atoms with van der Waals surface area (Å²) in [5.41, 5.74) is 3.49. The lowest BCUT2D eigenvalue weighted by Crippen LogP contribution is -2.39. The van der Waals surface area contributed by atoms with Gasteiger partial charge in [0, 0.05) is 44.1 Å². The number of nitrogens with zero attached hydrogens (tertiary/aromatic N) is 2. The van der Waals surface area contributed by atoms with Gasteiger partial charge in [-0.3, -0.25) is 9.48 Å². The van der Waals surface area contributed by atoms with Gasteiger partial charge in [-0.05, 0) is 24.1 Å². The minimum atomic E-state index is 0.00596. The third-order valence-electron chi connectivity index (χ3n) is 4.00. The van der Waals surface area contributed by atoms with Crippen molar-refractivity contribution in [3.63, 3.8) is 0 Å². The average molecular weight is 284 g/mol. The standard InChI is InChI=1S/C16H20N4O/c1-20-14(7-9-19-20)6-8-17-16(21)13-10-12-4-2-3-5-15(12)18-11-13/h2-5,7,9,13,18H,6,8,10-11H2,1H3,(H,17,21). The van der Waals surface area contributed by atoms with Crippen molar-refractivity contribution in [1.29, 1.82) is 0 Å². The Morgan fingerprint density at radius 2 is 2.29 bits per heavy atom. The van der Waals surface area contributed by atoms with Crippen LogP contribution in [0.1, 0.15) is 11.3 Å². The molecule has 110 valence electrons. The average Bonchev–Trinajstić information content (AvgIpc) is 2.92. The molecule has 0 aliphatic carbocycles. The van der Waals surface area contributed by atoms with Crippen molar-refractivity contribution in [3.05, 3.63) is 47.8 Å². The fourth-order valence-corrected chi connectivity index (χ4v) is 2.73. The quantitative estimate of drug-likeness (QED) is 0.891. The van der Waals surface area contributed by atoms with Gasteiger partial charge in [-0.2, -0.15) is 5.10 Å². The molecule has 1 aliphatic heterocycles. The molecule has 0 saturated carbocycles. The Balaban J connectivity index is 1.52. The van der Waals surface area contributed by atoms with E-state index in [2.05, 4.69) is 27.9 Å². The Bertz CT molecular complexity index is 635. The Kier molecular flexibility index (Phi) is 3.90. The van der Waals surface area contributed by atoms with E-state index in [1.807, 2.05) is 29.9 Å². The first kappa shape index (κ1) is 13.7. The fraction of sp³-hybridized carbons (Fsp3) is 0.375. The number of aromatic nitrogens is 2. The molecular formula is C16H20N4O. The van der Waals surface area contributed by atoms with Crippen LogP contribution in [0.15, 0.2) is 36.5 Å². The number of amides is 1.